The van der Waals surface area contributed by atoms with Crippen LogP contribution in [0.4, 0.5) is 4.39 Å². The molecular formula is C5H3ClFN. The Hall–Kier alpha value is -0.630. The first-order chi connectivity index (χ1) is 5.04. The molecule has 0 atom stereocenters. The van der Waals surface area contributed by atoms with Gasteiger partial charge in [-0.25, -0.2) is 9.37 Å². The maximum absolute atomic E-state index is 12.6. The molecule has 0 unspecified atom stereocenters. The lowest BCUT2D eigenvalue weighted by Gasteiger charge is -1.84. The molecule has 0 aromatic carbocycles. The van der Waals surface area contributed by atoms with Crippen LogP contribution in [0.25, 0.3) is 0 Å². The summed E-state index contributed by atoms with van der Waals surface area (Å²) in [5, 5.41) is -0.318. The summed E-state index contributed by atoms with van der Waals surface area (Å²) in [6.07, 6.45) is -0.698. The van der Waals surface area contributed by atoms with E-state index in [4.69, 9.17) is 15.7 Å². The Morgan fingerprint density at radius 3 is 3.25 bits per heavy atom. The van der Waals surface area contributed by atoms with Crippen molar-refractivity contribution in [1.82, 2.24) is 4.98 Å². The number of hydrogen-bond donors (Lipinski definition) is 0. The van der Waals surface area contributed by atoms with Crippen LogP contribution in [-0.4, -0.2) is 4.98 Å². The Balaban J connectivity index is 3.46. The van der Waals surface area contributed by atoms with Gasteiger partial charge in [0.15, 0.2) is 0 Å². The van der Waals surface area contributed by atoms with Gasteiger partial charge in [-0.15, -0.1) is 0 Å². The first-order valence-electron chi connectivity index (χ1n) is 3.33. The zero-order chi connectivity index (χ0) is 8.59. The average molecular weight is 135 g/mol. The molecule has 3 heteroatoms. The summed E-state index contributed by atoms with van der Waals surface area (Å²) in [4.78, 5) is 3.18. The van der Waals surface area contributed by atoms with Crippen LogP contribution in [0.2, 0.25) is 5.15 Å². The van der Waals surface area contributed by atoms with Crippen LogP contribution in [0.15, 0.2) is 18.3 Å². The second-order valence-electron chi connectivity index (χ2n) is 1.08. The van der Waals surface area contributed by atoms with E-state index in [2.05, 4.69) is 4.98 Å². The van der Waals surface area contributed by atoms with Crippen molar-refractivity contribution in [3.05, 3.63) is 29.2 Å². The largest absolute Gasteiger partial charge is 0.242 e. The third kappa shape index (κ3) is 1.17. The van der Waals surface area contributed by atoms with E-state index in [0.29, 0.717) is 0 Å². The van der Waals surface area contributed by atoms with E-state index >= 15 is 0 Å². The van der Waals surface area contributed by atoms with Crippen LogP contribution >= 0.6 is 11.6 Å². The summed E-state index contributed by atoms with van der Waals surface area (Å²) in [6, 6.07) is -1.17. The summed E-state index contributed by atoms with van der Waals surface area (Å²) >= 11 is 5.29. The van der Waals surface area contributed by atoms with Crippen molar-refractivity contribution in [1.29, 1.82) is 0 Å². The van der Waals surface area contributed by atoms with Crippen molar-refractivity contribution in [3.8, 4) is 0 Å². The highest BCUT2D eigenvalue weighted by atomic mass is 35.5. The summed E-state index contributed by atoms with van der Waals surface area (Å²) < 4.78 is 33.3. The molecule has 1 rings (SSSR count). The number of nitrogens with zero attached hydrogens (tertiary/aromatic N) is 1. The maximum Gasteiger partial charge on any atom is 0.141 e. The molecule has 8 heavy (non-hydrogen) atoms. The van der Waals surface area contributed by atoms with Crippen molar-refractivity contribution < 1.29 is 8.50 Å². The molecule has 0 aliphatic carbocycles. The van der Waals surface area contributed by atoms with Gasteiger partial charge in [0.05, 0.1) is 10.3 Å². The number of hydrogen-bond acceptors (Lipinski definition) is 1. The molecule has 42 valence electrons. The Morgan fingerprint density at radius 1 is 1.75 bits per heavy atom. The molecule has 1 aromatic rings. The molecule has 1 aromatic heterocycles. The molecule has 0 radical (unpaired) electrons. The van der Waals surface area contributed by atoms with E-state index in [1.54, 1.807) is 0 Å². The molecule has 0 aliphatic heterocycles. The average Bonchev–Trinajstić information content (AvgIpc) is 1.97. The van der Waals surface area contributed by atoms with Gasteiger partial charge < -0.3 is 0 Å². The highest BCUT2D eigenvalue weighted by Gasteiger charge is 1.86. The lowest BCUT2D eigenvalue weighted by molar-refractivity contribution is 0.621. The van der Waals surface area contributed by atoms with Crippen molar-refractivity contribution in [2.45, 2.75) is 0 Å². The van der Waals surface area contributed by atoms with Gasteiger partial charge in [-0.1, -0.05) is 11.6 Å². The lowest BCUT2D eigenvalue weighted by Crippen LogP contribution is -1.74. The number of pyridine rings is 1. The van der Waals surface area contributed by atoms with Gasteiger partial charge in [-0.3, -0.25) is 0 Å². The highest BCUT2D eigenvalue weighted by molar-refractivity contribution is 6.29. The van der Waals surface area contributed by atoms with Gasteiger partial charge in [0.2, 0.25) is 0 Å². The zero-order valence-corrected chi connectivity index (χ0v) is 4.46. The molecule has 0 N–H and O–H groups in total. The van der Waals surface area contributed by atoms with E-state index < -0.39 is 24.1 Å². The van der Waals surface area contributed by atoms with Gasteiger partial charge in [0.1, 0.15) is 11.0 Å². The molecular weight excluding hydrogens is 129 g/mol. The summed E-state index contributed by atoms with van der Waals surface area (Å²) in [6.45, 7) is 0. The Kier molecular flexibility index (Phi) is 0.727. The zero-order valence-electron chi connectivity index (χ0n) is 6.70. The number of rotatable bonds is 0. The quantitative estimate of drug-likeness (QED) is 0.494. The Labute approximate surface area is 55.3 Å². The normalized spacial score (nSPS) is 14.5. The van der Waals surface area contributed by atoms with Crippen LogP contribution in [0.5, 0.6) is 0 Å². The molecule has 1 heterocycles. The second kappa shape index (κ2) is 2.09. The molecule has 0 fully saturated rings. The van der Waals surface area contributed by atoms with Crippen molar-refractivity contribution in [2.24, 2.45) is 0 Å². The highest BCUT2D eigenvalue weighted by Crippen LogP contribution is 2.02. The van der Waals surface area contributed by atoms with E-state index in [1.165, 1.54) is 0 Å². The Bertz CT molecular complexity index is 278. The van der Waals surface area contributed by atoms with Crippen LogP contribution in [0.1, 0.15) is 4.11 Å². The minimum absolute atomic E-state index is 0.318. The standard InChI is InChI=1S/C5H3ClFN/c6-5-2-1-4(7)3-8-5/h1-3H/i1D,2D,3D. The van der Waals surface area contributed by atoms with Gasteiger partial charge in [-0.05, 0) is 12.1 Å². The third-order valence-electron chi connectivity index (χ3n) is 0.528. The fourth-order valence-electron chi connectivity index (χ4n) is 0.261. The monoisotopic (exact) mass is 134 g/mol. The van der Waals surface area contributed by atoms with Crippen LogP contribution < -0.4 is 0 Å². The van der Waals surface area contributed by atoms with E-state index in [1.807, 2.05) is 0 Å². The third-order valence-corrected chi connectivity index (χ3v) is 0.707. The molecule has 0 aliphatic rings. The van der Waals surface area contributed by atoms with Crippen LogP contribution in [-0.2, 0) is 0 Å². The fourth-order valence-corrected chi connectivity index (χ4v) is 0.350. The van der Waals surface area contributed by atoms with E-state index in [0.717, 1.165) is 0 Å². The topological polar surface area (TPSA) is 12.9 Å². The first-order valence-corrected chi connectivity index (χ1v) is 2.20. The van der Waals surface area contributed by atoms with Crippen LogP contribution in [0.3, 0.4) is 0 Å². The van der Waals surface area contributed by atoms with Crippen molar-refractivity contribution >= 4 is 11.6 Å². The minimum Gasteiger partial charge on any atom is -0.242 e. The fraction of sp³-hybridized carbons (Fsp3) is 0. The molecule has 1 nitrogen and oxygen atoms in total. The van der Waals surface area contributed by atoms with Gasteiger partial charge in [0, 0.05) is 0 Å². The maximum atomic E-state index is 12.6. The summed E-state index contributed by atoms with van der Waals surface area (Å²) in [7, 11) is 0. The SMILES string of the molecule is [2H]c1nc(Cl)c([2H])c([2H])c1F. The molecule has 0 saturated carbocycles. The smallest absolute Gasteiger partial charge is 0.141 e. The number of halogens is 2. The molecule has 0 amide bonds. The van der Waals surface area contributed by atoms with Gasteiger partial charge >= 0.3 is 0 Å². The predicted molar refractivity (Wildman–Crippen MR) is 29.2 cm³/mol. The lowest BCUT2D eigenvalue weighted by atomic mass is 10.5. The molecule has 0 bridgehead atoms. The number of aromatic nitrogens is 1. The summed E-state index contributed by atoms with van der Waals surface area (Å²) in [5.74, 6) is -1.11. The van der Waals surface area contributed by atoms with Crippen molar-refractivity contribution in [3.63, 3.8) is 0 Å². The molecule has 0 saturated heterocycles. The summed E-state index contributed by atoms with van der Waals surface area (Å²) in [5.41, 5.74) is 0. The first kappa shape index (κ1) is 2.78. The Morgan fingerprint density at radius 2 is 2.50 bits per heavy atom. The molecule has 0 spiro atoms. The van der Waals surface area contributed by atoms with Gasteiger partial charge in [0.25, 0.3) is 0 Å². The predicted octanol–water partition coefficient (Wildman–Crippen LogP) is 1.87. The second-order valence-corrected chi connectivity index (χ2v) is 1.44. The van der Waals surface area contributed by atoms with Crippen LogP contribution in [0, 0.1) is 5.82 Å². The van der Waals surface area contributed by atoms with Gasteiger partial charge in [-0.2, -0.15) is 0 Å². The van der Waals surface area contributed by atoms with Crippen molar-refractivity contribution in [2.75, 3.05) is 0 Å². The van der Waals surface area contributed by atoms with E-state index in [-0.39, 0.29) is 5.15 Å². The minimum atomic E-state index is -1.11. The van der Waals surface area contributed by atoms with E-state index in [9.17, 15) is 4.39 Å².